The molecule has 1 saturated carbocycles. The molecule has 0 spiro atoms. The van der Waals surface area contributed by atoms with E-state index in [-0.39, 0.29) is 17.9 Å². The van der Waals surface area contributed by atoms with Crippen LogP contribution in [-0.4, -0.2) is 29.8 Å². The van der Waals surface area contributed by atoms with Gasteiger partial charge in [-0.1, -0.05) is 53.4 Å². The van der Waals surface area contributed by atoms with Crippen LogP contribution in [0.4, 0.5) is 5.69 Å². The Morgan fingerprint density at radius 3 is 2.48 bits per heavy atom. The van der Waals surface area contributed by atoms with Gasteiger partial charge < -0.3 is 10.2 Å². The lowest BCUT2D eigenvalue weighted by Gasteiger charge is -2.31. The number of anilines is 1. The van der Waals surface area contributed by atoms with Crippen LogP contribution in [0.2, 0.25) is 0 Å². The Kier molecular flexibility index (Phi) is 6.32. The van der Waals surface area contributed by atoms with Gasteiger partial charge in [0, 0.05) is 23.1 Å². The summed E-state index contributed by atoms with van der Waals surface area (Å²) in [5.41, 5.74) is 2.70. The Labute approximate surface area is 169 Å². The third kappa shape index (κ3) is 4.59. The number of carbonyl (C=O) groups excluding carboxylic acids is 2. The molecule has 2 amide bonds. The average molecular weight is 429 g/mol. The second kappa shape index (κ2) is 8.70. The molecule has 5 heteroatoms. The molecule has 0 heterocycles. The van der Waals surface area contributed by atoms with Gasteiger partial charge in [-0.15, -0.1) is 0 Å². The van der Waals surface area contributed by atoms with Crippen LogP contribution in [0.1, 0.15) is 58.4 Å². The van der Waals surface area contributed by atoms with Gasteiger partial charge in [0.2, 0.25) is 0 Å². The predicted molar refractivity (Wildman–Crippen MR) is 112 cm³/mol. The molecule has 2 aromatic carbocycles. The Morgan fingerprint density at radius 2 is 1.78 bits per heavy atom. The van der Waals surface area contributed by atoms with E-state index in [9.17, 15) is 9.59 Å². The molecule has 142 valence electrons. The van der Waals surface area contributed by atoms with Crippen molar-refractivity contribution in [3.05, 3.63) is 63.6 Å². The van der Waals surface area contributed by atoms with Crippen molar-refractivity contribution in [1.82, 2.24) is 4.90 Å². The summed E-state index contributed by atoms with van der Waals surface area (Å²) >= 11 is 3.46. The normalized spacial score (nSPS) is 14.6. The molecule has 0 saturated heterocycles. The van der Waals surface area contributed by atoms with Crippen molar-refractivity contribution in [3.63, 3.8) is 0 Å². The number of hydrogen-bond acceptors (Lipinski definition) is 2. The van der Waals surface area contributed by atoms with Gasteiger partial charge in [0.15, 0.2) is 0 Å². The highest BCUT2D eigenvalue weighted by molar-refractivity contribution is 9.10. The van der Waals surface area contributed by atoms with Crippen molar-refractivity contribution in [2.45, 2.75) is 45.1 Å². The standard InChI is InChI=1S/C22H25BrN2O2/c1-15-12-13-16(14-19(15)23)21(26)24-20-11-7-6-10-18(20)22(27)25(2)17-8-4-3-5-9-17/h6-7,10-14,17H,3-5,8-9H2,1-2H3,(H,24,26). The fourth-order valence-corrected chi connectivity index (χ4v) is 3.91. The van der Waals surface area contributed by atoms with E-state index in [0.29, 0.717) is 16.8 Å². The van der Waals surface area contributed by atoms with Crippen LogP contribution >= 0.6 is 15.9 Å². The van der Waals surface area contributed by atoms with E-state index in [2.05, 4.69) is 21.2 Å². The largest absolute Gasteiger partial charge is 0.339 e. The van der Waals surface area contributed by atoms with Crippen molar-refractivity contribution in [2.24, 2.45) is 0 Å². The Hall–Kier alpha value is -2.14. The van der Waals surface area contributed by atoms with Gasteiger partial charge in [-0.3, -0.25) is 9.59 Å². The van der Waals surface area contributed by atoms with Gasteiger partial charge in [-0.2, -0.15) is 0 Å². The number of nitrogens with zero attached hydrogens (tertiary/aromatic N) is 1. The molecule has 27 heavy (non-hydrogen) atoms. The molecule has 4 nitrogen and oxygen atoms in total. The lowest BCUT2D eigenvalue weighted by Crippen LogP contribution is -2.38. The van der Waals surface area contributed by atoms with E-state index in [4.69, 9.17) is 0 Å². The maximum absolute atomic E-state index is 13.0. The van der Waals surface area contributed by atoms with Crippen LogP contribution in [0.5, 0.6) is 0 Å². The van der Waals surface area contributed by atoms with Crippen LogP contribution < -0.4 is 5.32 Å². The minimum atomic E-state index is -0.226. The second-order valence-corrected chi connectivity index (χ2v) is 8.03. The van der Waals surface area contributed by atoms with Crippen molar-refractivity contribution >= 4 is 33.4 Å². The van der Waals surface area contributed by atoms with Gasteiger partial charge in [-0.05, 0) is 49.6 Å². The van der Waals surface area contributed by atoms with Gasteiger partial charge in [0.25, 0.3) is 11.8 Å². The van der Waals surface area contributed by atoms with Gasteiger partial charge in [0.05, 0.1) is 11.3 Å². The van der Waals surface area contributed by atoms with Crippen molar-refractivity contribution in [1.29, 1.82) is 0 Å². The highest BCUT2D eigenvalue weighted by Gasteiger charge is 2.25. The Bertz CT molecular complexity index is 844. The van der Waals surface area contributed by atoms with Crippen molar-refractivity contribution < 1.29 is 9.59 Å². The minimum absolute atomic E-state index is 0.0390. The molecule has 0 aliphatic heterocycles. The average Bonchev–Trinajstić information content (AvgIpc) is 2.70. The Balaban J connectivity index is 1.79. The molecule has 2 aromatic rings. The molecular weight excluding hydrogens is 404 g/mol. The van der Waals surface area contributed by atoms with Crippen LogP contribution in [0, 0.1) is 6.92 Å². The summed E-state index contributed by atoms with van der Waals surface area (Å²) in [5.74, 6) is -0.265. The molecule has 1 N–H and O–H groups in total. The zero-order chi connectivity index (χ0) is 19.4. The van der Waals surface area contributed by atoms with Crippen LogP contribution in [0.15, 0.2) is 46.9 Å². The molecule has 1 fully saturated rings. The number of nitrogens with one attached hydrogen (secondary N) is 1. The maximum atomic E-state index is 13.0. The SMILES string of the molecule is Cc1ccc(C(=O)Nc2ccccc2C(=O)N(C)C2CCCCC2)cc1Br. The summed E-state index contributed by atoms with van der Waals surface area (Å²) in [6, 6.07) is 13.0. The summed E-state index contributed by atoms with van der Waals surface area (Å²) in [7, 11) is 1.87. The number of rotatable bonds is 4. The van der Waals surface area contributed by atoms with E-state index in [1.54, 1.807) is 24.3 Å². The minimum Gasteiger partial charge on any atom is -0.339 e. The number of para-hydroxylation sites is 1. The second-order valence-electron chi connectivity index (χ2n) is 7.17. The summed E-state index contributed by atoms with van der Waals surface area (Å²) < 4.78 is 0.886. The fraction of sp³-hybridized carbons (Fsp3) is 0.364. The molecule has 0 bridgehead atoms. The van der Waals surface area contributed by atoms with E-state index in [1.807, 2.05) is 37.1 Å². The lowest BCUT2D eigenvalue weighted by molar-refractivity contribution is 0.0697. The molecule has 0 atom stereocenters. The van der Waals surface area contributed by atoms with Crippen LogP contribution in [-0.2, 0) is 0 Å². The number of benzene rings is 2. The summed E-state index contributed by atoms with van der Waals surface area (Å²) in [6.07, 6.45) is 5.69. The first-order chi connectivity index (χ1) is 13.0. The predicted octanol–water partition coefficient (Wildman–Crippen LogP) is 5.41. The first-order valence-corrected chi connectivity index (χ1v) is 10.2. The molecule has 0 radical (unpaired) electrons. The molecule has 1 aliphatic carbocycles. The fourth-order valence-electron chi connectivity index (χ4n) is 3.53. The Morgan fingerprint density at radius 1 is 1.07 bits per heavy atom. The number of aryl methyl sites for hydroxylation is 1. The van der Waals surface area contributed by atoms with E-state index in [1.165, 1.54) is 19.3 Å². The first kappa shape index (κ1) is 19.6. The van der Waals surface area contributed by atoms with E-state index in [0.717, 1.165) is 22.9 Å². The summed E-state index contributed by atoms with van der Waals surface area (Å²) in [6.45, 7) is 1.97. The summed E-state index contributed by atoms with van der Waals surface area (Å²) in [4.78, 5) is 27.6. The quantitative estimate of drug-likeness (QED) is 0.706. The first-order valence-electron chi connectivity index (χ1n) is 9.41. The smallest absolute Gasteiger partial charge is 0.255 e. The maximum Gasteiger partial charge on any atom is 0.255 e. The highest BCUT2D eigenvalue weighted by atomic mass is 79.9. The van der Waals surface area contributed by atoms with Gasteiger partial charge >= 0.3 is 0 Å². The molecule has 3 rings (SSSR count). The van der Waals surface area contributed by atoms with Crippen molar-refractivity contribution in [2.75, 3.05) is 12.4 Å². The monoisotopic (exact) mass is 428 g/mol. The van der Waals surface area contributed by atoms with E-state index < -0.39 is 0 Å². The van der Waals surface area contributed by atoms with Gasteiger partial charge in [-0.25, -0.2) is 0 Å². The number of halogens is 1. The molecular formula is C22H25BrN2O2. The highest BCUT2D eigenvalue weighted by Crippen LogP contribution is 2.25. The lowest BCUT2D eigenvalue weighted by atomic mass is 9.94. The third-order valence-corrected chi connectivity index (χ3v) is 6.14. The number of hydrogen-bond donors (Lipinski definition) is 1. The van der Waals surface area contributed by atoms with Crippen LogP contribution in [0.3, 0.4) is 0 Å². The van der Waals surface area contributed by atoms with Gasteiger partial charge in [0.1, 0.15) is 0 Å². The van der Waals surface area contributed by atoms with Crippen LogP contribution in [0.25, 0.3) is 0 Å². The zero-order valence-corrected chi connectivity index (χ0v) is 17.4. The summed E-state index contributed by atoms with van der Waals surface area (Å²) in [5, 5.41) is 2.90. The van der Waals surface area contributed by atoms with Crippen molar-refractivity contribution in [3.8, 4) is 0 Å². The van der Waals surface area contributed by atoms with E-state index >= 15 is 0 Å². The molecule has 0 aromatic heterocycles. The third-order valence-electron chi connectivity index (χ3n) is 5.28. The molecule has 1 aliphatic rings. The number of carbonyl (C=O) groups is 2. The molecule has 0 unspecified atom stereocenters. The zero-order valence-electron chi connectivity index (χ0n) is 15.8. The number of amides is 2. The topological polar surface area (TPSA) is 49.4 Å².